The number of thioether (sulfide) groups is 1. The number of hydrogen-bond acceptors (Lipinski definition) is 4. The van der Waals surface area contributed by atoms with Gasteiger partial charge in [0.1, 0.15) is 11.5 Å². The second-order valence-corrected chi connectivity index (χ2v) is 9.83. The molecule has 0 N–H and O–H groups in total. The lowest BCUT2D eigenvalue weighted by molar-refractivity contribution is 0.414. The first kappa shape index (κ1) is 21.1. The van der Waals surface area contributed by atoms with Crippen molar-refractivity contribution in [3.63, 3.8) is 0 Å². The molecule has 1 aliphatic carbocycles. The molecule has 34 heavy (non-hydrogen) atoms. The Bertz CT molecular complexity index is 1360. The van der Waals surface area contributed by atoms with Gasteiger partial charge in [-0.05, 0) is 47.0 Å². The third-order valence-electron chi connectivity index (χ3n) is 6.84. The predicted molar refractivity (Wildman–Crippen MR) is 139 cm³/mol. The second-order valence-electron chi connectivity index (χ2n) is 8.64. The average Bonchev–Trinajstić information content (AvgIpc) is 3.12. The van der Waals surface area contributed by atoms with Gasteiger partial charge in [-0.1, -0.05) is 66.7 Å². The Morgan fingerprint density at radius 1 is 0.706 bits per heavy atom. The molecule has 0 saturated heterocycles. The van der Waals surface area contributed by atoms with Crippen LogP contribution in [0.25, 0.3) is 0 Å². The molecule has 4 aromatic rings. The van der Waals surface area contributed by atoms with Crippen molar-refractivity contribution in [1.29, 1.82) is 0 Å². The monoisotopic (exact) mass is 463 g/mol. The lowest BCUT2D eigenvalue weighted by Gasteiger charge is -2.29. The van der Waals surface area contributed by atoms with E-state index in [9.17, 15) is 0 Å². The third-order valence-corrected chi connectivity index (χ3v) is 8.24. The lowest BCUT2D eigenvalue weighted by atomic mass is 9.81. The summed E-state index contributed by atoms with van der Waals surface area (Å²) in [6.45, 7) is 0. The highest BCUT2D eigenvalue weighted by Crippen LogP contribution is 2.57. The summed E-state index contributed by atoms with van der Waals surface area (Å²) in [4.78, 5) is 6.46. The number of aliphatic imine (C=N–C) groups is 1. The molecule has 3 unspecified atom stereocenters. The summed E-state index contributed by atoms with van der Waals surface area (Å²) in [5.41, 5.74) is 7.38. The van der Waals surface area contributed by atoms with Gasteiger partial charge in [-0.25, -0.2) is 0 Å². The number of fused-ring (bicyclic) bond motifs is 4. The van der Waals surface area contributed by atoms with Gasteiger partial charge in [0, 0.05) is 27.5 Å². The van der Waals surface area contributed by atoms with E-state index in [0.717, 1.165) is 22.1 Å². The van der Waals surface area contributed by atoms with Crippen molar-refractivity contribution in [3.05, 3.63) is 119 Å². The molecule has 4 aromatic carbocycles. The SMILES string of the molecule is COc1ccc(C2Sc3cc(OC)ccc3N=C3c4ccccc4C(c4ccccc4)C32)cc1. The minimum atomic E-state index is 0.176. The fraction of sp³-hybridized carbons (Fsp3) is 0.167. The standard InChI is InChI=1S/C30H25NO2S/c1-32-21-14-12-20(13-15-21)30-28-27(19-8-4-3-5-9-19)23-10-6-7-11-24(23)29(28)31-25-17-16-22(33-2)18-26(25)34-30/h3-18,27-28,30H,1-2H3. The zero-order chi connectivity index (χ0) is 23.1. The molecule has 0 bridgehead atoms. The number of hydrogen-bond donors (Lipinski definition) is 0. The number of benzene rings is 4. The van der Waals surface area contributed by atoms with Crippen LogP contribution in [0.15, 0.2) is 107 Å². The van der Waals surface area contributed by atoms with E-state index in [-0.39, 0.29) is 17.1 Å². The molecular weight excluding hydrogens is 438 g/mol. The van der Waals surface area contributed by atoms with Crippen LogP contribution in [0.3, 0.4) is 0 Å². The topological polar surface area (TPSA) is 30.8 Å². The van der Waals surface area contributed by atoms with E-state index in [0.29, 0.717) is 0 Å². The number of rotatable bonds is 4. The van der Waals surface area contributed by atoms with Crippen molar-refractivity contribution >= 4 is 23.2 Å². The van der Waals surface area contributed by atoms with E-state index in [1.807, 2.05) is 17.8 Å². The molecule has 6 rings (SSSR count). The summed E-state index contributed by atoms with van der Waals surface area (Å²) in [7, 11) is 3.42. The van der Waals surface area contributed by atoms with Crippen LogP contribution in [-0.2, 0) is 0 Å². The minimum absolute atomic E-state index is 0.176. The van der Waals surface area contributed by atoms with Gasteiger partial charge in [-0.15, -0.1) is 11.8 Å². The molecule has 0 radical (unpaired) electrons. The summed E-state index contributed by atoms with van der Waals surface area (Å²) in [6.07, 6.45) is 0. The zero-order valence-corrected chi connectivity index (χ0v) is 20.0. The Labute approximate surface area is 204 Å². The van der Waals surface area contributed by atoms with Crippen molar-refractivity contribution in [1.82, 2.24) is 0 Å². The van der Waals surface area contributed by atoms with Gasteiger partial charge in [0.15, 0.2) is 0 Å². The molecule has 3 atom stereocenters. The fourth-order valence-electron chi connectivity index (χ4n) is 5.25. The molecule has 1 aliphatic heterocycles. The van der Waals surface area contributed by atoms with Crippen molar-refractivity contribution in [2.75, 3.05) is 14.2 Å². The maximum atomic E-state index is 5.55. The largest absolute Gasteiger partial charge is 0.497 e. The molecule has 168 valence electrons. The highest BCUT2D eigenvalue weighted by molar-refractivity contribution is 7.99. The Morgan fingerprint density at radius 2 is 1.41 bits per heavy atom. The molecule has 2 aliphatic rings. The summed E-state index contributed by atoms with van der Waals surface area (Å²) >= 11 is 1.88. The molecular formula is C30H25NO2S. The van der Waals surface area contributed by atoms with E-state index in [1.165, 1.54) is 28.0 Å². The van der Waals surface area contributed by atoms with Gasteiger partial charge in [-0.3, -0.25) is 4.99 Å². The van der Waals surface area contributed by atoms with Crippen molar-refractivity contribution in [3.8, 4) is 11.5 Å². The van der Waals surface area contributed by atoms with Gasteiger partial charge in [-0.2, -0.15) is 0 Å². The van der Waals surface area contributed by atoms with Gasteiger partial charge in [0.2, 0.25) is 0 Å². The lowest BCUT2D eigenvalue weighted by Crippen LogP contribution is -2.21. The smallest absolute Gasteiger partial charge is 0.120 e. The quantitative estimate of drug-likeness (QED) is 0.315. The van der Waals surface area contributed by atoms with Gasteiger partial charge in [0.05, 0.1) is 25.6 Å². The van der Waals surface area contributed by atoms with E-state index >= 15 is 0 Å². The first-order valence-electron chi connectivity index (χ1n) is 11.5. The van der Waals surface area contributed by atoms with Gasteiger partial charge >= 0.3 is 0 Å². The Kier molecular flexibility index (Phi) is 5.39. The predicted octanol–water partition coefficient (Wildman–Crippen LogP) is 7.43. The van der Waals surface area contributed by atoms with Crippen LogP contribution in [0.2, 0.25) is 0 Å². The van der Waals surface area contributed by atoms with Gasteiger partial charge < -0.3 is 9.47 Å². The summed E-state index contributed by atoms with van der Waals surface area (Å²) < 4.78 is 11.0. The molecule has 0 amide bonds. The number of nitrogens with zero attached hydrogens (tertiary/aromatic N) is 1. The first-order chi connectivity index (χ1) is 16.8. The first-order valence-corrected chi connectivity index (χ1v) is 12.4. The summed E-state index contributed by atoms with van der Waals surface area (Å²) in [6, 6.07) is 34.4. The highest BCUT2D eigenvalue weighted by Gasteiger charge is 2.45. The molecule has 0 saturated carbocycles. The van der Waals surface area contributed by atoms with Crippen LogP contribution in [0.5, 0.6) is 11.5 Å². The van der Waals surface area contributed by atoms with E-state index < -0.39 is 0 Å². The molecule has 1 heterocycles. The van der Waals surface area contributed by atoms with Crippen LogP contribution < -0.4 is 9.47 Å². The van der Waals surface area contributed by atoms with Crippen molar-refractivity contribution in [2.24, 2.45) is 10.9 Å². The Balaban J connectivity index is 1.59. The minimum Gasteiger partial charge on any atom is -0.497 e. The van der Waals surface area contributed by atoms with Crippen molar-refractivity contribution in [2.45, 2.75) is 16.1 Å². The van der Waals surface area contributed by atoms with Crippen LogP contribution in [0.4, 0.5) is 5.69 Å². The Hall–Kier alpha value is -3.50. The van der Waals surface area contributed by atoms with E-state index in [2.05, 4.69) is 91.0 Å². The summed E-state index contributed by atoms with van der Waals surface area (Å²) in [5.74, 6) is 2.14. The summed E-state index contributed by atoms with van der Waals surface area (Å²) in [5, 5.41) is 0.176. The van der Waals surface area contributed by atoms with Crippen molar-refractivity contribution < 1.29 is 9.47 Å². The Morgan fingerprint density at radius 3 is 2.18 bits per heavy atom. The van der Waals surface area contributed by atoms with E-state index in [4.69, 9.17) is 14.5 Å². The van der Waals surface area contributed by atoms with Crippen LogP contribution in [-0.4, -0.2) is 19.9 Å². The van der Waals surface area contributed by atoms with Gasteiger partial charge in [0.25, 0.3) is 0 Å². The molecule has 0 fully saturated rings. The third kappa shape index (κ3) is 3.50. The maximum Gasteiger partial charge on any atom is 0.120 e. The second kappa shape index (κ2) is 8.69. The average molecular weight is 464 g/mol. The molecule has 0 spiro atoms. The highest BCUT2D eigenvalue weighted by atomic mass is 32.2. The van der Waals surface area contributed by atoms with E-state index in [1.54, 1.807) is 14.2 Å². The number of methoxy groups -OCH3 is 2. The normalized spacial score (nSPS) is 20.4. The van der Waals surface area contributed by atoms with Crippen LogP contribution in [0.1, 0.15) is 33.4 Å². The molecule has 0 aromatic heterocycles. The molecule has 4 heteroatoms. The zero-order valence-electron chi connectivity index (χ0n) is 19.1. The molecule has 3 nitrogen and oxygen atoms in total. The number of ether oxygens (including phenoxy) is 2. The van der Waals surface area contributed by atoms with Crippen LogP contribution in [0, 0.1) is 5.92 Å². The maximum absolute atomic E-state index is 5.55. The fourth-order valence-corrected chi connectivity index (χ4v) is 6.67. The van der Waals surface area contributed by atoms with Crippen LogP contribution >= 0.6 is 11.8 Å².